The molecule has 2 aromatic heterocycles. The molecule has 182 valence electrons. The molecule has 3 heterocycles. The van der Waals surface area contributed by atoms with Crippen molar-refractivity contribution in [3.8, 4) is 0 Å². The molecule has 1 atom stereocenters. The van der Waals surface area contributed by atoms with Crippen LogP contribution in [-0.4, -0.2) is 17.1 Å². The lowest BCUT2D eigenvalue weighted by molar-refractivity contribution is -0.138. The Labute approximate surface area is 217 Å². The number of thiophene rings is 1. The van der Waals surface area contributed by atoms with Crippen molar-refractivity contribution in [2.45, 2.75) is 32.7 Å². The minimum atomic E-state index is -0.610. The van der Waals surface area contributed by atoms with Crippen LogP contribution in [0.25, 0.3) is 11.8 Å². The number of benzene rings is 2. The Bertz CT molecular complexity index is 1590. The van der Waals surface area contributed by atoms with Gasteiger partial charge in [0.1, 0.15) is 6.04 Å². The first-order valence-corrected chi connectivity index (χ1v) is 13.6. The molecule has 4 aromatic rings. The van der Waals surface area contributed by atoms with Crippen LogP contribution in [0.5, 0.6) is 0 Å². The number of esters is 1. The fourth-order valence-corrected chi connectivity index (χ4v) is 6.11. The van der Waals surface area contributed by atoms with E-state index >= 15 is 0 Å². The van der Waals surface area contributed by atoms with Gasteiger partial charge in [-0.25, -0.2) is 9.79 Å². The van der Waals surface area contributed by atoms with Gasteiger partial charge < -0.3 is 4.74 Å². The highest BCUT2D eigenvalue weighted by molar-refractivity contribution is 7.10. The lowest BCUT2D eigenvalue weighted by atomic mass is 9.97. The lowest BCUT2D eigenvalue weighted by Gasteiger charge is -2.24. The number of carbonyl (C=O) groups is 1. The number of carbonyl (C=O) groups excluding carboxylic acids is 1. The number of nitrogens with zero attached hydrogens (tertiary/aromatic N) is 2. The van der Waals surface area contributed by atoms with Gasteiger partial charge in [0.2, 0.25) is 0 Å². The van der Waals surface area contributed by atoms with Crippen LogP contribution >= 0.6 is 22.7 Å². The van der Waals surface area contributed by atoms with Crippen LogP contribution < -0.4 is 14.9 Å². The largest absolute Gasteiger partial charge is 0.463 e. The van der Waals surface area contributed by atoms with Gasteiger partial charge in [0.15, 0.2) is 4.80 Å². The SMILES string of the molecule is CCOC(=O)C1=C(c2ccccc2)N=c2s/c(=C\c3ccc(C(C)C)cc3)c(=O)n2[C@H]1c1cccs1. The van der Waals surface area contributed by atoms with Crippen LogP contribution in [-0.2, 0) is 9.53 Å². The average Bonchev–Trinajstić information content (AvgIpc) is 3.52. The predicted molar refractivity (Wildman–Crippen MR) is 146 cm³/mol. The van der Waals surface area contributed by atoms with Gasteiger partial charge in [-0.2, -0.15) is 0 Å². The first-order chi connectivity index (χ1) is 17.5. The fourth-order valence-electron chi connectivity index (χ4n) is 4.28. The Hall–Kier alpha value is -3.55. The molecule has 0 amide bonds. The van der Waals surface area contributed by atoms with Gasteiger partial charge in [-0.3, -0.25) is 9.36 Å². The standard InChI is InChI=1S/C29H26N2O3S2/c1-4-34-28(33)24-25(21-9-6-5-7-10-21)30-29-31(26(24)22-11-8-16-35-22)27(32)23(36-29)17-19-12-14-20(15-13-19)18(2)3/h5-18,26H,4H2,1-3H3/b23-17-/t26-/m0/s1. The number of aromatic nitrogens is 1. The summed E-state index contributed by atoms with van der Waals surface area (Å²) in [5.41, 5.74) is 3.76. The summed E-state index contributed by atoms with van der Waals surface area (Å²) in [5.74, 6) is -0.0232. The maximum Gasteiger partial charge on any atom is 0.338 e. The summed E-state index contributed by atoms with van der Waals surface area (Å²) < 4.78 is 7.69. The molecule has 0 spiro atoms. The first kappa shape index (κ1) is 24.2. The van der Waals surface area contributed by atoms with Crippen molar-refractivity contribution in [2.75, 3.05) is 6.61 Å². The highest BCUT2D eigenvalue weighted by Gasteiger charge is 2.35. The van der Waals surface area contributed by atoms with E-state index in [1.165, 1.54) is 28.2 Å². The van der Waals surface area contributed by atoms with E-state index in [0.717, 1.165) is 16.0 Å². The van der Waals surface area contributed by atoms with Gasteiger partial charge in [-0.1, -0.05) is 85.8 Å². The second-order valence-electron chi connectivity index (χ2n) is 8.77. The molecule has 36 heavy (non-hydrogen) atoms. The molecule has 0 saturated carbocycles. The molecule has 0 N–H and O–H groups in total. The average molecular weight is 515 g/mol. The number of rotatable bonds is 6. The highest BCUT2D eigenvalue weighted by Crippen LogP contribution is 2.36. The summed E-state index contributed by atoms with van der Waals surface area (Å²) in [4.78, 5) is 33.4. The van der Waals surface area contributed by atoms with E-state index in [9.17, 15) is 9.59 Å². The second kappa shape index (κ2) is 10.2. The zero-order chi connectivity index (χ0) is 25.2. The van der Waals surface area contributed by atoms with Crippen LogP contribution in [0.4, 0.5) is 0 Å². The molecular weight excluding hydrogens is 488 g/mol. The monoisotopic (exact) mass is 514 g/mol. The van der Waals surface area contributed by atoms with Crippen molar-refractivity contribution in [1.29, 1.82) is 0 Å². The Kier molecular flexibility index (Phi) is 6.85. The number of thiazole rings is 1. The van der Waals surface area contributed by atoms with Gasteiger partial charge >= 0.3 is 5.97 Å². The number of fused-ring (bicyclic) bond motifs is 1. The third kappa shape index (κ3) is 4.52. The van der Waals surface area contributed by atoms with E-state index < -0.39 is 12.0 Å². The van der Waals surface area contributed by atoms with Crippen LogP contribution in [0.2, 0.25) is 0 Å². The van der Waals surface area contributed by atoms with Gasteiger partial charge in [-0.05, 0) is 41.5 Å². The molecule has 5 nitrogen and oxygen atoms in total. The molecule has 5 rings (SSSR count). The molecule has 1 aliphatic rings. The van der Waals surface area contributed by atoms with Crippen molar-refractivity contribution in [1.82, 2.24) is 4.57 Å². The maximum atomic E-state index is 13.8. The van der Waals surface area contributed by atoms with Gasteiger partial charge in [-0.15, -0.1) is 11.3 Å². The van der Waals surface area contributed by atoms with Gasteiger partial charge in [0.05, 0.1) is 22.4 Å². The van der Waals surface area contributed by atoms with E-state index in [1.807, 2.05) is 66.1 Å². The van der Waals surface area contributed by atoms with E-state index in [2.05, 4.69) is 26.0 Å². The number of hydrogen-bond donors (Lipinski definition) is 0. The second-order valence-corrected chi connectivity index (χ2v) is 10.8. The maximum absolute atomic E-state index is 13.8. The Morgan fingerprint density at radius 3 is 2.47 bits per heavy atom. The van der Waals surface area contributed by atoms with Crippen LogP contribution in [0.3, 0.4) is 0 Å². The molecule has 7 heteroatoms. The summed E-state index contributed by atoms with van der Waals surface area (Å²) >= 11 is 2.85. The normalized spacial score (nSPS) is 15.7. The lowest BCUT2D eigenvalue weighted by Crippen LogP contribution is -2.39. The van der Waals surface area contributed by atoms with Crippen molar-refractivity contribution in [3.63, 3.8) is 0 Å². The molecule has 2 aromatic carbocycles. The Morgan fingerprint density at radius 2 is 1.83 bits per heavy atom. The molecule has 1 aliphatic heterocycles. The summed E-state index contributed by atoms with van der Waals surface area (Å²) in [6.45, 7) is 6.32. The van der Waals surface area contributed by atoms with Crippen LogP contribution in [0, 0.1) is 0 Å². The van der Waals surface area contributed by atoms with Crippen molar-refractivity contribution in [2.24, 2.45) is 4.99 Å². The molecule has 0 unspecified atom stereocenters. The quantitative estimate of drug-likeness (QED) is 0.336. The molecule has 0 radical (unpaired) electrons. The molecular formula is C29H26N2O3S2. The molecule has 0 fully saturated rings. The van der Waals surface area contributed by atoms with Crippen molar-refractivity contribution >= 4 is 40.4 Å². The van der Waals surface area contributed by atoms with E-state index in [-0.39, 0.29) is 12.2 Å². The summed E-state index contributed by atoms with van der Waals surface area (Å²) in [6.07, 6.45) is 1.90. The molecule has 0 saturated heterocycles. The van der Waals surface area contributed by atoms with Crippen LogP contribution in [0.1, 0.15) is 54.3 Å². The third-order valence-electron chi connectivity index (χ3n) is 6.09. The van der Waals surface area contributed by atoms with Crippen molar-refractivity contribution in [3.05, 3.63) is 119 Å². The van der Waals surface area contributed by atoms with E-state index in [1.54, 1.807) is 11.5 Å². The van der Waals surface area contributed by atoms with Crippen LogP contribution in [0.15, 0.2) is 87.5 Å². The summed E-state index contributed by atoms with van der Waals surface area (Å²) in [5, 5.41) is 1.95. The summed E-state index contributed by atoms with van der Waals surface area (Å²) in [6, 6.07) is 21.1. The number of ether oxygens (including phenoxy) is 1. The fraction of sp³-hybridized carbons (Fsp3) is 0.207. The minimum absolute atomic E-state index is 0.168. The predicted octanol–water partition coefficient (Wildman–Crippen LogP) is 5.12. The van der Waals surface area contributed by atoms with Gasteiger partial charge in [0, 0.05) is 10.4 Å². The topological polar surface area (TPSA) is 60.7 Å². The van der Waals surface area contributed by atoms with E-state index in [4.69, 9.17) is 9.73 Å². The Morgan fingerprint density at radius 1 is 1.08 bits per heavy atom. The first-order valence-electron chi connectivity index (χ1n) is 11.9. The third-order valence-corrected chi connectivity index (χ3v) is 7.99. The zero-order valence-corrected chi connectivity index (χ0v) is 21.9. The summed E-state index contributed by atoms with van der Waals surface area (Å²) in [7, 11) is 0. The van der Waals surface area contributed by atoms with Crippen molar-refractivity contribution < 1.29 is 9.53 Å². The Balaban J connectivity index is 1.76. The van der Waals surface area contributed by atoms with Gasteiger partial charge in [0.25, 0.3) is 5.56 Å². The van der Waals surface area contributed by atoms with E-state index in [0.29, 0.717) is 26.5 Å². The smallest absolute Gasteiger partial charge is 0.338 e. The minimum Gasteiger partial charge on any atom is -0.463 e. The molecule has 0 bridgehead atoms. The highest BCUT2D eigenvalue weighted by atomic mass is 32.1. The molecule has 0 aliphatic carbocycles. The zero-order valence-electron chi connectivity index (χ0n) is 20.3. The number of hydrogen-bond acceptors (Lipinski definition) is 6.